The van der Waals surface area contributed by atoms with Crippen molar-refractivity contribution < 1.29 is 15.0 Å². The number of aliphatic hydroxyl groups is 2. The van der Waals surface area contributed by atoms with Gasteiger partial charge in [0.15, 0.2) is 6.10 Å². The molecular weight excluding hydrogens is 290 g/mol. The predicted octanol–water partition coefficient (Wildman–Crippen LogP) is 2.53. The number of amides is 1. The monoisotopic (exact) mass is 311 g/mol. The van der Waals surface area contributed by atoms with E-state index in [9.17, 15) is 15.0 Å². The Labute approximate surface area is 130 Å². The second-order valence-corrected chi connectivity index (χ2v) is 6.34. The van der Waals surface area contributed by atoms with Gasteiger partial charge in [0.25, 0.3) is 5.91 Å². The van der Waals surface area contributed by atoms with Crippen molar-refractivity contribution in [2.45, 2.75) is 43.8 Å². The maximum Gasteiger partial charge on any atom is 0.255 e. The summed E-state index contributed by atoms with van der Waals surface area (Å²) in [5.41, 5.74) is -0.158. The zero-order valence-electron chi connectivity index (χ0n) is 12.3. The summed E-state index contributed by atoms with van der Waals surface area (Å²) in [4.78, 5) is 13.7. The summed E-state index contributed by atoms with van der Waals surface area (Å²) >= 11 is 5.87. The minimum atomic E-state index is -1.22. The fourth-order valence-electron chi connectivity index (χ4n) is 2.80. The van der Waals surface area contributed by atoms with Gasteiger partial charge in [0.2, 0.25) is 0 Å². The highest BCUT2D eigenvalue weighted by atomic mass is 35.5. The molecule has 0 bridgehead atoms. The van der Waals surface area contributed by atoms with Gasteiger partial charge in [0.05, 0.1) is 5.60 Å². The first-order valence-corrected chi connectivity index (χ1v) is 7.70. The van der Waals surface area contributed by atoms with E-state index in [1.807, 2.05) is 0 Å². The van der Waals surface area contributed by atoms with Gasteiger partial charge < -0.3 is 15.1 Å². The SMILES string of the molecule is CN(CCC1(O)CCCC1)C(=O)C(O)c1cccc(Cl)c1. The van der Waals surface area contributed by atoms with Crippen LogP contribution in [0.4, 0.5) is 0 Å². The largest absolute Gasteiger partial charge is 0.390 e. The molecule has 1 aromatic rings. The lowest BCUT2D eigenvalue weighted by Crippen LogP contribution is -2.37. The van der Waals surface area contributed by atoms with E-state index in [1.54, 1.807) is 31.3 Å². The van der Waals surface area contributed by atoms with Crippen molar-refractivity contribution in [1.29, 1.82) is 0 Å². The van der Waals surface area contributed by atoms with Crippen LogP contribution in [0.1, 0.15) is 43.8 Å². The maximum absolute atomic E-state index is 12.2. The van der Waals surface area contributed by atoms with Crippen LogP contribution in [-0.2, 0) is 4.79 Å². The standard InChI is InChI=1S/C16H22ClNO3/c1-18(10-9-16(21)7-2-3-8-16)15(20)14(19)12-5-4-6-13(17)11-12/h4-6,11,14,19,21H,2-3,7-10H2,1H3. The number of hydrogen-bond donors (Lipinski definition) is 2. The second-order valence-electron chi connectivity index (χ2n) is 5.90. The summed E-state index contributed by atoms with van der Waals surface area (Å²) in [5.74, 6) is -0.376. The fourth-order valence-corrected chi connectivity index (χ4v) is 3.00. The highest BCUT2D eigenvalue weighted by molar-refractivity contribution is 6.30. The molecule has 1 aliphatic rings. The average molecular weight is 312 g/mol. The van der Waals surface area contributed by atoms with Crippen LogP contribution >= 0.6 is 11.6 Å². The number of benzene rings is 1. The molecule has 21 heavy (non-hydrogen) atoms. The third-order valence-electron chi connectivity index (χ3n) is 4.22. The van der Waals surface area contributed by atoms with Crippen LogP contribution in [0.3, 0.4) is 0 Å². The Morgan fingerprint density at radius 1 is 1.43 bits per heavy atom. The van der Waals surface area contributed by atoms with Crippen molar-refractivity contribution in [3.8, 4) is 0 Å². The van der Waals surface area contributed by atoms with Gasteiger partial charge in [-0.3, -0.25) is 4.79 Å². The van der Waals surface area contributed by atoms with E-state index in [0.29, 0.717) is 23.6 Å². The van der Waals surface area contributed by atoms with E-state index in [0.717, 1.165) is 25.7 Å². The Kier molecular flexibility index (Phi) is 5.25. The molecule has 5 heteroatoms. The summed E-state index contributed by atoms with van der Waals surface area (Å²) in [7, 11) is 1.65. The minimum absolute atomic E-state index is 0.376. The first-order valence-electron chi connectivity index (χ1n) is 7.32. The summed E-state index contributed by atoms with van der Waals surface area (Å²) in [6.07, 6.45) is 3.01. The maximum atomic E-state index is 12.2. The molecule has 0 aromatic heterocycles. The Morgan fingerprint density at radius 3 is 2.71 bits per heavy atom. The molecule has 1 aliphatic carbocycles. The quantitative estimate of drug-likeness (QED) is 0.878. The molecule has 0 radical (unpaired) electrons. The highest BCUT2D eigenvalue weighted by Crippen LogP contribution is 2.32. The second kappa shape index (κ2) is 6.77. The molecule has 0 heterocycles. The van der Waals surface area contributed by atoms with Crippen LogP contribution in [-0.4, -0.2) is 40.2 Å². The third kappa shape index (κ3) is 4.19. The first kappa shape index (κ1) is 16.3. The van der Waals surface area contributed by atoms with Crippen LogP contribution in [0, 0.1) is 0 Å². The molecule has 1 amide bonds. The van der Waals surface area contributed by atoms with Gasteiger partial charge in [0, 0.05) is 18.6 Å². The van der Waals surface area contributed by atoms with Crippen molar-refractivity contribution >= 4 is 17.5 Å². The van der Waals surface area contributed by atoms with Crippen molar-refractivity contribution in [1.82, 2.24) is 4.90 Å². The van der Waals surface area contributed by atoms with Crippen LogP contribution in [0.2, 0.25) is 5.02 Å². The molecule has 1 unspecified atom stereocenters. The number of rotatable bonds is 5. The Morgan fingerprint density at radius 2 is 2.10 bits per heavy atom. The molecular formula is C16H22ClNO3. The van der Waals surface area contributed by atoms with Gasteiger partial charge >= 0.3 is 0 Å². The molecule has 4 nitrogen and oxygen atoms in total. The number of aliphatic hydroxyl groups excluding tert-OH is 1. The number of carbonyl (C=O) groups is 1. The number of nitrogens with zero attached hydrogens (tertiary/aromatic N) is 1. The molecule has 1 aromatic carbocycles. The van der Waals surface area contributed by atoms with Crippen LogP contribution in [0.15, 0.2) is 24.3 Å². The Balaban J connectivity index is 1.92. The normalized spacial score (nSPS) is 18.5. The lowest BCUT2D eigenvalue weighted by Gasteiger charge is -2.27. The van der Waals surface area contributed by atoms with Gasteiger partial charge in [-0.05, 0) is 37.0 Å². The molecule has 116 valence electrons. The van der Waals surface area contributed by atoms with Gasteiger partial charge in [-0.25, -0.2) is 0 Å². The van der Waals surface area contributed by atoms with E-state index < -0.39 is 11.7 Å². The highest BCUT2D eigenvalue weighted by Gasteiger charge is 2.32. The van der Waals surface area contributed by atoms with E-state index >= 15 is 0 Å². The molecule has 1 fully saturated rings. The predicted molar refractivity (Wildman–Crippen MR) is 82.1 cm³/mol. The van der Waals surface area contributed by atoms with Gasteiger partial charge in [-0.15, -0.1) is 0 Å². The van der Waals surface area contributed by atoms with Gasteiger partial charge in [0.1, 0.15) is 0 Å². The third-order valence-corrected chi connectivity index (χ3v) is 4.46. The number of hydrogen-bond acceptors (Lipinski definition) is 3. The summed E-state index contributed by atoms with van der Waals surface area (Å²) in [5, 5.41) is 20.9. The molecule has 2 N–H and O–H groups in total. The van der Waals surface area contributed by atoms with E-state index in [2.05, 4.69) is 0 Å². The van der Waals surface area contributed by atoms with Crippen LogP contribution in [0.25, 0.3) is 0 Å². The Bertz CT molecular complexity index is 500. The number of likely N-dealkylation sites (N-methyl/N-ethyl adjacent to an activating group) is 1. The van der Waals surface area contributed by atoms with Crippen molar-refractivity contribution in [3.63, 3.8) is 0 Å². The van der Waals surface area contributed by atoms with Crippen molar-refractivity contribution in [2.75, 3.05) is 13.6 Å². The smallest absolute Gasteiger partial charge is 0.255 e. The fraction of sp³-hybridized carbons (Fsp3) is 0.562. The molecule has 0 saturated heterocycles. The summed E-state index contributed by atoms with van der Waals surface area (Å²) in [6.45, 7) is 0.437. The average Bonchev–Trinajstić information content (AvgIpc) is 2.90. The van der Waals surface area contributed by atoms with Crippen molar-refractivity contribution in [2.24, 2.45) is 0 Å². The number of carbonyl (C=O) groups excluding carboxylic acids is 1. The first-order chi connectivity index (χ1) is 9.91. The van der Waals surface area contributed by atoms with E-state index in [4.69, 9.17) is 11.6 Å². The van der Waals surface area contributed by atoms with E-state index in [-0.39, 0.29) is 5.91 Å². The summed E-state index contributed by atoms with van der Waals surface area (Å²) in [6, 6.07) is 6.66. The zero-order chi connectivity index (χ0) is 15.5. The lowest BCUT2D eigenvalue weighted by atomic mass is 9.97. The van der Waals surface area contributed by atoms with E-state index in [1.165, 1.54) is 4.90 Å². The molecule has 1 atom stereocenters. The Hall–Kier alpha value is -1.10. The van der Waals surface area contributed by atoms with Crippen LogP contribution < -0.4 is 0 Å². The van der Waals surface area contributed by atoms with Gasteiger partial charge in [-0.2, -0.15) is 0 Å². The van der Waals surface area contributed by atoms with Gasteiger partial charge in [-0.1, -0.05) is 36.6 Å². The summed E-state index contributed by atoms with van der Waals surface area (Å²) < 4.78 is 0. The lowest BCUT2D eigenvalue weighted by molar-refractivity contribution is -0.139. The number of halogens is 1. The topological polar surface area (TPSA) is 60.8 Å². The molecule has 0 aliphatic heterocycles. The van der Waals surface area contributed by atoms with Crippen molar-refractivity contribution in [3.05, 3.63) is 34.9 Å². The molecule has 0 spiro atoms. The van der Waals surface area contributed by atoms with Crippen LogP contribution in [0.5, 0.6) is 0 Å². The molecule has 1 saturated carbocycles. The zero-order valence-corrected chi connectivity index (χ0v) is 13.0. The minimum Gasteiger partial charge on any atom is -0.390 e. The molecule has 2 rings (SSSR count).